The summed E-state index contributed by atoms with van der Waals surface area (Å²) in [6.45, 7) is 1.45. The summed E-state index contributed by atoms with van der Waals surface area (Å²) in [7, 11) is 1.69. The standard InChI is InChI=1S/C17H23N3O4/c1-20(17(22)19-13-6-4-5-9-18-16(13)21)10-12-11-23-14-7-2-3-8-15(14)24-12/h2-3,7-8,12-13H,4-6,9-11H2,1H3,(H,18,21)(H,19,22)/t12-,13-/m1/s1. The van der Waals surface area contributed by atoms with Gasteiger partial charge in [-0.3, -0.25) is 4.79 Å². The first-order chi connectivity index (χ1) is 11.6. The van der Waals surface area contributed by atoms with E-state index in [2.05, 4.69) is 10.6 Å². The molecule has 7 heteroatoms. The smallest absolute Gasteiger partial charge is 0.317 e. The van der Waals surface area contributed by atoms with Crippen molar-refractivity contribution < 1.29 is 19.1 Å². The first kappa shape index (κ1) is 16.4. The van der Waals surface area contributed by atoms with Crippen LogP contribution in [0.1, 0.15) is 19.3 Å². The monoisotopic (exact) mass is 333 g/mol. The molecule has 2 aliphatic rings. The zero-order valence-electron chi connectivity index (χ0n) is 13.8. The fraction of sp³-hybridized carbons (Fsp3) is 0.529. The number of para-hydroxylation sites is 2. The number of hydrogen-bond acceptors (Lipinski definition) is 4. The van der Waals surface area contributed by atoms with Gasteiger partial charge >= 0.3 is 6.03 Å². The Morgan fingerprint density at radius 2 is 2.12 bits per heavy atom. The third-order valence-electron chi connectivity index (χ3n) is 4.22. The molecule has 130 valence electrons. The average Bonchev–Trinajstić information content (AvgIpc) is 2.79. The minimum Gasteiger partial charge on any atom is -0.486 e. The molecule has 0 radical (unpaired) electrons. The highest BCUT2D eigenvalue weighted by atomic mass is 16.6. The molecule has 0 spiro atoms. The van der Waals surface area contributed by atoms with E-state index in [0.29, 0.717) is 31.9 Å². The maximum absolute atomic E-state index is 12.3. The zero-order chi connectivity index (χ0) is 16.9. The lowest BCUT2D eigenvalue weighted by molar-refractivity contribution is -0.122. The molecule has 1 fully saturated rings. The van der Waals surface area contributed by atoms with Crippen molar-refractivity contribution in [1.29, 1.82) is 0 Å². The van der Waals surface area contributed by atoms with Gasteiger partial charge in [0.2, 0.25) is 5.91 Å². The lowest BCUT2D eigenvalue weighted by Gasteiger charge is -2.30. The number of hydrogen-bond donors (Lipinski definition) is 2. The molecule has 0 aromatic heterocycles. The molecule has 2 aliphatic heterocycles. The second kappa shape index (κ2) is 7.42. The molecule has 1 aromatic carbocycles. The van der Waals surface area contributed by atoms with Crippen molar-refractivity contribution in [2.24, 2.45) is 0 Å². The Hall–Kier alpha value is -2.44. The summed E-state index contributed by atoms with van der Waals surface area (Å²) < 4.78 is 11.5. The van der Waals surface area contributed by atoms with E-state index in [9.17, 15) is 9.59 Å². The molecule has 2 heterocycles. The van der Waals surface area contributed by atoms with Gasteiger partial charge in [-0.1, -0.05) is 12.1 Å². The summed E-state index contributed by atoms with van der Waals surface area (Å²) in [5.41, 5.74) is 0. The zero-order valence-corrected chi connectivity index (χ0v) is 13.8. The van der Waals surface area contributed by atoms with Crippen LogP contribution >= 0.6 is 0 Å². The van der Waals surface area contributed by atoms with Gasteiger partial charge in [0.15, 0.2) is 17.6 Å². The number of fused-ring (bicyclic) bond motifs is 1. The van der Waals surface area contributed by atoms with Crippen LogP contribution in [0, 0.1) is 0 Å². The Morgan fingerprint density at radius 1 is 1.33 bits per heavy atom. The minimum absolute atomic E-state index is 0.111. The number of urea groups is 1. The first-order valence-electron chi connectivity index (χ1n) is 8.31. The Balaban J connectivity index is 1.52. The lowest BCUT2D eigenvalue weighted by Crippen LogP contribution is -2.51. The van der Waals surface area contributed by atoms with E-state index in [1.54, 1.807) is 7.05 Å². The molecule has 0 aliphatic carbocycles. The van der Waals surface area contributed by atoms with Gasteiger partial charge < -0.3 is 25.0 Å². The van der Waals surface area contributed by atoms with E-state index in [-0.39, 0.29) is 18.0 Å². The summed E-state index contributed by atoms with van der Waals surface area (Å²) in [6, 6.07) is 6.72. The molecule has 1 saturated heterocycles. The maximum Gasteiger partial charge on any atom is 0.317 e. The van der Waals surface area contributed by atoms with Crippen molar-refractivity contribution in [3.8, 4) is 11.5 Å². The van der Waals surface area contributed by atoms with E-state index in [4.69, 9.17) is 9.47 Å². The van der Waals surface area contributed by atoms with Crippen LogP contribution in [0.15, 0.2) is 24.3 Å². The molecule has 2 atom stereocenters. The summed E-state index contributed by atoms with van der Waals surface area (Å²) >= 11 is 0. The SMILES string of the molecule is CN(C[C@@H]1COc2ccccc2O1)C(=O)N[C@@H]1CCCCNC1=O. The fourth-order valence-corrected chi connectivity index (χ4v) is 2.88. The molecule has 24 heavy (non-hydrogen) atoms. The number of nitrogens with zero attached hydrogens (tertiary/aromatic N) is 1. The van der Waals surface area contributed by atoms with Gasteiger partial charge in [-0.2, -0.15) is 0 Å². The average molecular weight is 333 g/mol. The fourth-order valence-electron chi connectivity index (χ4n) is 2.88. The van der Waals surface area contributed by atoms with Crippen LogP contribution in [0.4, 0.5) is 4.79 Å². The highest BCUT2D eigenvalue weighted by Gasteiger charge is 2.27. The number of benzene rings is 1. The lowest BCUT2D eigenvalue weighted by atomic mass is 10.1. The van der Waals surface area contributed by atoms with E-state index in [1.807, 2.05) is 24.3 Å². The van der Waals surface area contributed by atoms with E-state index >= 15 is 0 Å². The van der Waals surface area contributed by atoms with Crippen molar-refractivity contribution >= 4 is 11.9 Å². The van der Waals surface area contributed by atoms with Gasteiger partial charge in [0, 0.05) is 13.6 Å². The Bertz CT molecular complexity index is 607. The summed E-state index contributed by atoms with van der Waals surface area (Å²) in [4.78, 5) is 25.8. The molecule has 0 unspecified atom stereocenters. The highest BCUT2D eigenvalue weighted by molar-refractivity contribution is 5.87. The van der Waals surface area contributed by atoms with Crippen molar-refractivity contribution in [3.63, 3.8) is 0 Å². The number of ether oxygens (including phenoxy) is 2. The molecule has 0 saturated carbocycles. The van der Waals surface area contributed by atoms with Gasteiger partial charge in [-0.25, -0.2) is 4.79 Å². The summed E-state index contributed by atoms with van der Waals surface area (Å²) in [5, 5.41) is 5.61. The molecular weight excluding hydrogens is 310 g/mol. The van der Waals surface area contributed by atoms with E-state index in [0.717, 1.165) is 18.6 Å². The Labute approximate surface area is 141 Å². The van der Waals surface area contributed by atoms with Crippen molar-refractivity contribution in [3.05, 3.63) is 24.3 Å². The Morgan fingerprint density at radius 3 is 2.96 bits per heavy atom. The molecule has 2 N–H and O–H groups in total. The molecular formula is C17H23N3O4. The molecule has 3 amide bonds. The van der Waals surface area contributed by atoms with Crippen molar-refractivity contribution in [1.82, 2.24) is 15.5 Å². The van der Waals surface area contributed by atoms with E-state index < -0.39 is 6.04 Å². The van der Waals surface area contributed by atoms with Crippen LogP contribution in [-0.2, 0) is 4.79 Å². The maximum atomic E-state index is 12.3. The van der Waals surface area contributed by atoms with Crippen LogP contribution in [0.25, 0.3) is 0 Å². The summed E-state index contributed by atoms with van der Waals surface area (Å²) in [5.74, 6) is 1.29. The predicted octanol–water partition coefficient (Wildman–Crippen LogP) is 1.14. The van der Waals surface area contributed by atoms with Crippen LogP contribution in [0.3, 0.4) is 0 Å². The minimum atomic E-state index is -0.466. The van der Waals surface area contributed by atoms with Crippen LogP contribution in [0.5, 0.6) is 11.5 Å². The second-order valence-electron chi connectivity index (χ2n) is 6.17. The Kier molecular flexibility index (Phi) is 5.08. The van der Waals surface area contributed by atoms with Crippen molar-refractivity contribution in [2.45, 2.75) is 31.4 Å². The largest absolute Gasteiger partial charge is 0.486 e. The van der Waals surface area contributed by atoms with Crippen LogP contribution < -0.4 is 20.1 Å². The first-order valence-corrected chi connectivity index (χ1v) is 8.31. The van der Waals surface area contributed by atoms with Gasteiger partial charge in [0.25, 0.3) is 0 Å². The topological polar surface area (TPSA) is 79.9 Å². The van der Waals surface area contributed by atoms with Crippen LogP contribution in [0.2, 0.25) is 0 Å². The normalized spacial score (nSPS) is 23.0. The third kappa shape index (κ3) is 3.90. The number of carbonyl (C=O) groups excluding carboxylic acids is 2. The number of nitrogens with one attached hydrogen (secondary N) is 2. The predicted molar refractivity (Wildman–Crippen MR) is 88.2 cm³/mol. The molecule has 3 rings (SSSR count). The van der Waals surface area contributed by atoms with Gasteiger partial charge in [0.1, 0.15) is 12.6 Å². The second-order valence-corrected chi connectivity index (χ2v) is 6.17. The molecule has 0 bridgehead atoms. The van der Waals surface area contributed by atoms with Crippen LogP contribution in [-0.4, -0.2) is 55.7 Å². The third-order valence-corrected chi connectivity index (χ3v) is 4.22. The van der Waals surface area contributed by atoms with Gasteiger partial charge in [0.05, 0.1) is 6.54 Å². The van der Waals surface area contributed by atoms with Crippen molar-refractivity contribution in [2.75, 3.05) is 26.7 Å². The number of rotatable bonds is 3. The molecule has 1 aromatic rings. The highest BCUT2D eigenvalue weighted by Crippen LogP contribution is 2.30. The molecule has 7 nitrogen and oxygen atoms in total. The number of likely N-dealkylation sites (N-methyl/N-ethyl adjacent to an activating group) is 1. The summed E-state index contributed by atoms with van der Waals surface area (Å²) in [6.07, 6.45) is 2.30. The number of carbonyl (C=O) groups is 2. The van der Waals surface area contributed by atoms with Gasteiger partial charge in [-0.05, 0) is 31.4 Å². The van der Waals surface area contributed by atoms with E-state index in [1.165, 1.54) is 4.90 Å². The van der Waals surface area contributed by atoms with Gasteiger partial charge in [-0.15, -0.1) is 0 Å². The quantitative estimate of drug-likeness (QED) is 0.869. The number of amides is 3.